The molecule has 0 N–H and O–H groups in total. The first-order valence-electron chi connectivity index (χ1n) is 12.4. The average molecular weight is 517 g/mol. The van der Waals surface area contributed by atoms with Gasteiger partial charge in [0.15, 0.2) is 11.6 Å². The molecule has 0 fully saturated rings. The van der Waals surface area contributed by atoms with Crippen LogP contribution in [0.3, 0.4) is 0 Å². The van der Waals surface area contributed by atoms with Crippen LogP contribution in [0.15, 0.2) is 91.0 Å². The molecule has 0 heterocycles. The first kappa shape index (κ1) is 26.7. The van der Waals surface area contributed by atoms with E-state index in [2.05, 4.69) is 0 Å². The molecule has 6 heteroatoms. The van der Waals surface area contributed by atoms with Crippen LogP contribution in [0.1, 0.15) is 35.7 Å². The number of ether oxygens (including phenoxy) is 2. The maximum absolute atomic E-state index is 14.7. The molecule has 4 aromatic carbocycles. The number of unbranched alkanes of at least 4 members (excludes halogenated alkanes) is 1. The molecule has 0 amide bonds. The van der Waals surface area contributed by atoms with Gasteiger partial charge in [-0.3, -0.25) is 0 Å². The number of alkyl halides is 1. The minimum atomic E-state index is -1.03. The first-order valence-corrected chi connectivity index (χ1v) is 12.4. The van der Waals surface area contributed by atoms with Crippen LogP contribution in [0.25, 0.3) is 28.3 Å². The molecule has 4 aromatic rings. The van der Waals surface area contributed by atoms with Crippen LogP contribution < -0.4 is 9.47 Å². The number of rotatable bonds is 10. The minimum Gasteiger partial charge on any atom is -0.490 e. The molecule has 0 aliphatic carbocycles. The van der Waals surface area contributed by atoms with E-state index in [0.29, 0.717) is 17.9 Å². The van der Waals surface area contributed by atoms with Crippen molar-refractivity contribution < 1.29 is 27.4 Å². The predicted octanol–water partition coefficient (Wildman–Crippen LogP) is 8.68. The summed E-state index contributed by atoms with van der Waals surface area (Å²) in [6.07, 6.45) is 4.80. The third-order valence-electron chi connectivity index (χ3n) is 5.94. The van der Waals surface area contributed by atoms with E-state index in [9.17, 15) is 18.0 Å². The second-order valence-corrected chi connectivity index (χ2v) is 8.61. The molecule has 0 aromatic heterocycles. The summed E-state index contributed by atoms with van der Waals surface area (Å²) in [5.41, 5.74) is 3.59. The second kappa shape index (κ2) is 12.8. The SMILES string of the molecule is CCCCOc1ccc(-c2ccc(C(=O)Oc3ccc(-c4ccc(C=CCF)cc4)cc3)cc2)c(F)c1F. The fraction of sp³-hybridized carbons (Fsp3) is 0.156. The number of carbonyl (C=O) groups excluding carboxylic acids is 1. The smallest absolute Gasteiger partial charge is 0.343 e. The Hall–Kier alpha value is -4.32. The Morgan fingerprint density at radius 1 is 0.789 bits per heavy atom. The molecule has 0 aliphatic heterocycles. The summed E-state index contributed by atoms with van der Waals surface area (Å²) in [6.45, 7) is 1.80. The Labute approximate surface area is 220 Å². The van der Waals surface area contributed by atoms with Crippen molar-refractivity contribution in [2.24, 2.45) is 0 Å². The zero-order chi connectivity index (χ0) is 26.9. The molecular formula is C32H27F3O3. The zero-order valence-corrected chi connectivity index (χ0v) is 20.9. The van der Waals surface area contributed by atoms with Crippen LogP contribution in [-0.4, -0.2) is 19.3 Å². The van der Waals surface area contributed by atoms with Gasteiger partial charge in [0.25, 0.3) is 0 Å². The average Bonchev–Trinajstić information content (AvgIpc) is 2.95. The van der Waals surface area contributed by atoms with Gasteiger partial charge in [-0.1, -0.05) is 74.0 Å². The quantitative estimate of drug-likeness (QED) is 0.120. The Balaban J connectivity index is 1.41. The van der Waals surface area contributed by atoms with E-state index in [-0.39, 0.29) is 16.9 Å². The summed E-state index contributed by atoms with van der Waals surface area (Å²) >= 11 is 0. The summed E-state index contributed by atoms with van der Waals surface area (Å²) in [7, 11) is 0. The third-order valence-corrected chi connectivity index (χ3v) is 5.94. The lowest BCUT2D eigenvalue weighted by molar-refractivity contribution is 0.0735. The predicted molar refractivity (Wildman–Crippen MR) is 144 cm³/mol. The van der Waals surface area contributed by atoms with Crippen LogP contribution in [0.2, 0.25) is 0 Å². The molecule has 0 unspecified atom stereocenters. The van der Waals surface area contributed by atoms with Crippen LogP contribution in [0, 0.1) is 11.6 Å². The molecule has 38 heavy (non-hydrogen) atoms. The van der Waals surface area contributed by atoms with E-state index in [1.54, 1.807) is 30.3 Å². The fourth-order valence-electron chi connectivity index (χ4n) is 3.83. The number of allylic oxidation sites excluding steroid dienone is 1. The number of hydrogen-bond donors (Lipinski definition) is 0. The molecule has 4 rings (SSSR count). The van der Waals surface area contributed by atoms with Crippen molar-refractivity contribution in [3.8, 4) is 33.8 Å². The summed E-state index contributed by atoms with van der Waals surface area (Å²) in [5, 5.41) is 0. The van der Waals surface area contributed by atoms with Crippen molar-refractivity contribution in [2.45, 2.75) is 19.8 Å². The van der Waals surface area contributed by atoms with Gasteiger partial charge in [-0.25, -0.2) is 13.6 Å². The lowest BCUT2D eigenvalue weighted by Gasteiger charge is -2.11. The second-order valence-electron chi connectivity index (χ2n) is 8.61. The standard InChI is InChI=1S/C32H27F3O3/c1-2-3-21-37-29-19-18-28(30(34)31(29)35)25-10-12-26(13-11-25)32(36)38-27-16-14-24(15-17-27)23-8-6-22(7-9-23)5-4-20-33/h4-19H,2-3,20-21H2,1H3. The molecule has 3 nitrogen and oxygen atoms in total. The van der Waals surface area contributed by atoms with Gasteiger partial charge in [0.2, 0.25) is 5.82 Å². The molecule has 0 saturated heterocycles. The van der Waals surface area contributed by atoms with Gasteiger partial charge < -0.3 is 9.47 Å². The maximum Gasteiger partial charge on any atom is 0.343 e. The molecule has 0 spiro atoms. The van der Waals surface area contributed by atoms with Crippen LogP contribution in [0.5, 0.6) is 11.5 Å². The van der Waals surface area contributed by atoms with Crippen molar-refractivity contribution >= 4 is 12.0 Å². The van der Waals surface area contributed by atoms with E-state index in [0.717, 1.165) is 29.5 Å². The van der Waals surface area contributed by atoms with Gasteiger partial charge >= 0.3 is 5.97 Å². The molecular weight excluding hydrogens is 489 g/mol. The van der Waals surface area contributed by atoms with E-state index in [1.807, 2.05) is 43.3 Å². The minimum absolute atomic E-state index is 0.0762. The van der Waals surface area contributed by atoms with Gasteiger partial charge in [-0.2, -0.15) is 4.39 Å². The Kier molecular flexibility index (Phi) is 8.98. The number of hydrogen-bond acceptors (Lipinski definition) is 3. The van der Waals surface area contributed by atoms with Gasteiger partial charge in [-0.05, 0) is 65.1 Å². The summed E-state index contributed by atoms with van der Waals surface area (Å²) in [4.78, 5) is 12.6. The maximum atomic E-state index is 14.7. The highest BCUT2D eigenvalue weighted by molar-refractivity contribution is 5.91. The topological polar surface area (TPSA) is 35.5 Å². The van der Waals surface area contributed by atoms with E-state index in [4.69, 9.17) is 9.47 Å². The molecule has 0 atom stereocenters. The number of benzene rings is 4. The van der Waals surface area contributed by atoms with E-state index < -0.39 is 24.3 Å². The number of esters is 1. The lowest BCUT2D eigenvalue weighted by Crippen LogP contribution is -2.08. The van der Waals surface area contributed by atoms with Crippen molar-refractivity contribution in [2.75, 3.05) is 13.3 Å². The van der Waals surface area contributed by atoms with E-state index >= 15 is 0 Å². The van der Waals surface area contributed by atoms with Gasteiger partial charge in [0.1, 0.15) is 12.4 Å². The molecule has 0 radical (unpaired) electrons. The zero-order valence-electron chi connectivity index (χ0n) is 20.9. The van der Waals surface area contributed by atoms with Crippen molar-refractivity contribution in [1.82, 2.24) is 0 Å². The van der Waals surface area contributed by atoms with Crippen LogP contribution in [0.4, 0.5) is 13.2 Å². The lowest BCUT2D eigenvalue weighted by atomic mass is 10.0. The number of halogens is 3. The van der Waals surface area contributed by atoms with Gasteiger partial charge in [0, 0.05) is 5.56 Å². The molecule has 0 saturated carbocycles. The van der Waals surface area contributed by atoms with Crippen LogP contribution in [-0.2, 0) is 0 Å². The first-order chi connectivity index (χ1) is 18.5. The van der Waals surface area contributed by atoms with Gasteiger partial charge in [-0.15, -0.1) is 0 Å². The highest BCUT2D eigenvalue weighted by Crippen LogP contribution is 2.30. The van der Waals surface area contributed by atoms with E-state index in [1.165, 1.54) is 30.3 Å². The fourth-order valence-corrected chi connectivity index (χ4v) is 3.83. The summed E-state index contributed by atoms with van der Waals surface area (Å²) in [6, 6.07) is 23.7. The molecule has 194 valence electrons. The Morgan fingerprint density at radius 2 is 1.42 bits per heavy atom. The number of carbonyl (C=O) groups is 1. The summed E-state index contributed by atoms with van der Waals surface area (Å²) in [5.74, 6) is -2.35. The highest BCUT2D eigenvalue weighted by Gasteiger charge is 2.17. The Morgan fingerprint density at radius 3 is 2.05 bits per heavy atom. The van der Waals surface area contributed by atoms with Crippen LogP contribution >= 0.6 is 0 Å². The van der Waals surface area contributed by atoms with Gasteiger partial charge in [0.05, 0.1) is 12.2 Å². The molecule has 0 bridgehead atoms. The van der Waals surface area contributed by atoms with Crippen molar-refractivity contribution in [1.29, 1.82) is 0 Å². The molecule has 0 aliphatic rings. The summed E-state index contributed by atoms with van der Waals surface area (Å²) < 4.78 is 52.2. The van der Waals surface area contributed by atoms with Crippen molar-refractivity contribution in [3.63, 3.8) is 0 Å². The van der Waals surface area contributed by atoms with Crippen molar-refractivity contribution in [3.05, 3.63) is 114 Å². The highest BCUT2D eigenvalue weighted by atomic mass is 19.2. The largest absolute Gasteiger partial charge is 0.490 e. The Bertz CT molecular complexity index is 1390. The normalized spacial score (nSPS) is 11.1. The monoisotopic (exact) mass is 516 g/mol. The third kappa shape index (κ3) is 6.51.